The number of likely N-dealkylation sites (tertiary alicyclic amines) is 1. The third kappa shape index (κ3) is 3.43. The molecule has 1 unspecified atom stereocenters. The molecule has 0 aliphatic carbocycles. The van der Waals surface area contributed by atoms with Crippen LogP contribution in [0.15, 0.2) is 48.0 Å². The third-order valence-corrected chi connectivity index (χ3v) is 4.99. The summed E-state index contributed by atoms with van der Waals surface area (Å²) in [5, 5.41) is 10.9. The summed E-state index contributed by atoms with van der Waals surface area (Å²) in [5.74, 6) is -2.17. The summed E-state index contributed by atoms with van der Waals surface area (Å²) < 4.78 is 18.7. The van der Waals surface area contributed by atoms with Gasteiger partial charge >= 0.3 is 0 Å². The fourth-order valence-electron chi connectivity index (χ4n) is 3.46. The van der Waals surface area contributed by atoms with E-state index in [-0.39, 0.29) is 24.5 Å². The number of benzene rings is 2. The van der Waals surface area contributed by atoms with Gasteiger partial charge < -0.3 is 14.7 Å². The molecule has 1 aliphatic heterocycles. The van der Waals surface area contributed by atoms with Gasteiger partial charge in [0.1, 0.15) is 11.6 Å². The number of ether oxygens (including phenoxy) is 1. The van der Waals surface area contributed by atoms with Crippen LogP contribution < -0.4 is 0 Å². The quantitative estimate of drug-likeness (QED) is 0.487. The van der Waals surface area contributed by atoms with Gasteiger partial charge in [-0.1, -0.05) is 24.3 Å². The number of aliphatic hydroxyl groups is 1. The van der Waals surface area contributed by atoms with E-state index in [4.69, 9.17) is 4.74 Å². The largest absolute Gasteiger partial charge is 0.507 e. The summed E-state index contributed by atoms with van der Waals surface area (Å²) in [4.78, 5) is 26.9. The summed E-state index contributed by atoms with van der Waals surface area (Å²) in [7, 11) is 1.51. The molecule has 0 spiro atoms. The van der Waals surface area contributed by atoms with Crippen molar-refractivity contribution in [2.24, 2.45) is 0 Å². The van der Waals surface area contributed by atoms with E-state index < -0.39 is 23.5 Å². The van der Waals surface area contributed by atoms with Crippen molar-refractivity contribution < 1.29 is 23.8 Å². The van der Waals surface area contributed by atoms with Gasteiger partial charge in [0.15, 0.2) is 0 Å². The van der Waals surface area contributed by atoms with E-state index in [1.165, 1.54) is 30.2 Å². The molecular weight excluding hydrogens is 361 g/mol. The predicted molar refractivity (Wildman–Crippen MR) is 103 cm³/mol. The van der Waals surface area contributed by atoms with Crippen LogP contribution in [0.3, 0.4) is 0 Å². The van der Waals surface area contributed by atoms with Crippen molar-refractivity contribution >= 4 is 17.4 Å². The third-order valence-electron chi connectivity index (χ3n) is 4.99. The molecule has 5 nitrogen and oxygen atoms in total. The Bertz CT molecular complexity index is 967. The molecule has 3 rings (SSSR count). The number of amides is 1. The molecule has 0 aromatic heterocycles. The van der Waals surface area contributed by atoms with E-state index in [1.807, 2.05) is 31.2 Å². The first-order valence-corrected chi connectivity index (χ1v) is 8.96. The van der Waals surface area contributed by atoms with Crippen LogP contribution in [0.4, 0.5) is 4.39 Å². The number of ketones is 1. The molecule has 1 amide bonds. The molecule has 0 radical (unpaired) electrons. The number of carbonyl (C=O) groups excluding carboxylic acids is 2. The summed E-state index contributed by atoms with van der Waals surface area (Å²) >= 11 is 0. The minimum atomic E-state index is -0.760. The van der Waals surface area contributed by atoms with Crippen molar-refractivity contribution in [1.82, 2.24) is 4.90 Å². The lowest BCUT2D eigenvalue weighted by molar-refractivity contribution is -0.140. The van der Waals surface area contributed by atoms with E-state index in [0.717, 1.165) is 11.1 Å². The molecular formula is C22H22FNO4. The molecule has 2 aromatic carbocycles. The van der Waals surface area contributed by atoms with Crippen LogP contribution in [-0.4, -0.2) is 42.0 Å². The molecule has 1 saturated heterocycles. The van der Waals surface area contributed by atoms with Gasteiger partial charge in [-0.2, -0.15) is 0 Å². The Labute approximate surface area is 163 Å². The highest BCUT2D eigenvalue weighted by atomic mass is 19.1. The summed E-state index contributed by atoms with van der Waals surface area (Å²) in [6.45, 7) is 3.92. The number of nitrogens with zero attached hydrogens (tertiary/aromatic N) is 1. The molecule has 1 fully saturated rings. The van der Waals surface area contributed by atoms with Crippen molar-refractivity contribution in [2.75, 3.05) is 20.3 Å². The second-order valence-corrected chi connectivity index (χ2v) is 6.81. The summed E-state index contributed by atoms with van der Waals surface area (Å²) in [5.41, 5.74) is 2.27. The lowest BCUT2D eigenvalue weighted by atomic mass is 9.92. The van der Waals surface area contributed by atoms with Crippen LogP contribution in [0.1, 0.15) is 28.3 Å². The standard InChI is InChI=1S/C22H22FNO4/c1-13-6-4-5-7-16(13)19-18(21(26)22(27)24(19)10-11-28-3)20(25)15-8-9-17(23)14(2)12-15/h4-9,12,19,25H,10-11H2,1-3H3/b20-18+. The SMILES string of the molecule is COCCN1C(=O)C(=O)/C(=C(/O)c2ccc(F)c(C)c2)C1c1ccccc1C. The first-order valence-electron chi connectivity index (χ1n) is 8.96. The van der Waals surface area contributed by atoms with Crippen LogP contribution in [0.25, 0.3) is 5.76 Å². The van der Waals surface area contributed by atoms with Gasteiger partial charge in [-0.3, -0.25) is 9.59 Å². The zero-order valence-corrected chi connectivity index (χ0v) is 16.0. The molecule has 1 aliphatic rings. The highest BCUT2D eigenvalue weighted by Gasteiger charge is 2.46. The molecule has 146 valence electrons. The number of aliphatic hydroxyl groups excluding tert-OH is 1. The van der Waals surface area contributed by atoms with Crippen LogP contribution in [0.5, 0.6) is 0 Å². The van der Waals surface area contributed by atoms with Crippen LogP contribution in [0.2, 0.25) is 0 Å². The zero-order valence-electron chi connectivity index (χ0n) is 16.0. The van der Waals surface area contributed by atoms with E-state index >= 15 is 0 Å². The van der Waals surface area contributed by atoms with Gasteiger partial charge in [0.05, 0.1) is 18.2 Å². The van der Waals surface area contributed by atoms with Crippen LogP contribution >= 0.6 is 0 Å². The predicted octanol–water partition coefficient (Wildman–Crippen LogP) is 3.51. The molecule has 1 heterocycles. The summed E-state index contributed by atoms with van der Waals surface area (Å²) in [6, 6.07) is 10.8. The molecule has 0 bridgehead atoms. The number of hydrogen-bond donors (Lipinski definition) is 1. The van der Waals surface area contributed by atoms with E-state index in [0.29, 0.717) is 11.1 Å². The van der Waals surface area contributed by atoms with Gasteiger partial charge in [0.2, 0.25) is 0 Å². The maximum absolute atomic E-state index is 13.6. The number of methoxy groups -OCH3 is 1. The van der Waals surface area contributed by atoms with Gasteiger partial charge in [0, 0.05) is 19.2 Å². The van der Waals surface area contributed by atoms with Crippen molar-refractivity contribution in [3.8, 4) is 0 Å². The highest BCUT2D eigenvalue weighted by Crippen LogP contribution is 2.40. The molecule has 1 atom stereocenters. The van der Waals surface area contributed by atoms with E-state index in [2.05, 4.69) is 0 Å². The molecule has 28 heavy (non-hydrogen) atoms. The van der Waals surface area contributed by atoms with Crippen LogP contribution in [0, 0.1) is 19.7 Å². The minimum absolute atomic E-state index is 0.00131. The monoisotopic (exact) mass is 383 g/mol. The Morgan fingerprint density at radius 3 is 2.50 bits per heavy atom. The summed E-state index contributed by atoms with van der Waals surface area (Å²) in [6.07, 6.45) is 0. The smallest absolute Gasteiger partial charge is 0.295 e. The normalized spacial score (nSPS) is 18.7. The molecule has 6 heteroatoms. The Morgan fingerprint density at radius 1 is 1.14 bits per heavy atom. The van der Waals surface area contributed by atoms with Gasteiger partial charge in [-0.25, -0.2) is 4.39 Å². The number of carbonyl (C=O) groups is 2. The molecule has 1 N–H and O–H groups in total. The topological polar surface area (TPSA) is 66.8 Å². The van der Waals surface area contributed by atoms with E-state index in [1.54, 1.807) is 6.92 Å². The van der Waals surface area contributed by atoms with Crippen LogP contribution in [-0.2, 0) is 14.3 Å². The van der Waals surface area contributed by atoms with E-state index in [9.17, 15) is 19.1 Å². The first kappa shape index (κ1) is 19.8. The number of halogens is 1. The molecule has 0 saturated carbocycles. The first-order chi connectivity index (χ1) is 13.4. The Hall–Kier alpha value is -2.99. The van der Waals surface area contributed by atoms with Crippen molar-refractivity contribution in [3.05, 3.63) is 76.1 Å². The Kier molecular flexibility index (Phi) is 5.61. The van der Waals surface area contributed by atoms with Gasteiger partial charge in [0.25, 0.3) is 11.7 Å². The zero-order chi connectivity index (χ0) is 20.4. The lowest BCUT2D eigenvalue weighted by Gasteiger charge is -2.26. The van der Waals surface area contributed by atoms with Crippen molar-refractivity contribution in [2.45, 2.75) is 19.9 Å². The molecule has 2 aromatic rings. The van der Waals surface area contributed by atoms with Crippen molar-refractivity contribution in [1.29, 1.82) is 0 Å². The van der Waals surface area contributed by atoms with Crippen molar-refractivity contribution in [3.63, 3.8) is 0 Å². The number of Topliss-reactive ketones (excluding diaryl/α,β-unsaturated/α-hetero) is 1. The van der Waals surface area contributed by atoms with Gasteiger partial charge in [-0.05, 0) is 48.7 Å². The fourth-order valence-corrected chi connectivity index (χ4v) is 3.46. The average molecular weight is 383 g/mol. The number of aryl methyl sites for hydroxylation is 2. The number of rotatable bonds is 5. The van der Waals surface area contributed by atoms with Gasteiger partial charge in [-0.15, -0.1) is 0 Å². The second-order valence-electron chi connectivity index (χ2n) is 6.81. The second kappa shape index (κ2) is 7.94. The highest BCUT2D eigenvalue weighted by molar-refractivity contribution is 6.46. The minimum Gasteiger partial charge on any atom is -0.507 e. The fraction of sp³-hybridized carbons (Fsp3) is 0.273. The average Bonchev–Trinajstić information content (AvgIpc) is 2.92. The Balaban J connectivity index is 2.20. The lowest BCUT2D eigenvalue weighted by Crippen LogP contribution is -2.32. The maximum Gasteiger partial charge on any atom is 0.295 e. The Morgan fingerprint density at radius 2 is 1.86 bits per heavy atom. The maximum atomic E-state index is 13.6. The number of hydrogen-bond acceptors (Lipinski definition) is 4.